The van der Waals surface area contributed by atoms with Crippen molar-refractivity contribution in [3.8, 4) is 11.5 Å². The quantitative estimate of drug-likeness (QED) is 0.388. The Hall–Kier alpha value is -3.05. The van der Waals surface area contributed by atoms with Crippen LogP contribution in [0.25, 0.3) is 0 Å². The third kappa shape index (κ3) is 8.31. The van der Waals surface area contributed by atoms with E-state index in [1.807, 2.05) is 0 Å². The van der Waals surface area contributed by atoms with Crippen LogP contribution in [0, 0.1) is 0 Å². The summed E-state index contributed by atoms with van der Waals surface area (Å²) in [4.78, 5) is 24.3. The first-order valence-corrected chi connectivity index (χ1v) is 9.25. The molecule has 0 bridgehead atoms. The Bertz CT molecular complexity index is 889. The van der Waals surface area contributed by atoms with Gasteiger partial charge in [0.2, 0.25) is 5.91 Å². The van der Waals surface area contributed by atoms with Crippen LogP contribution in [0.1, 0.15) is 28.8 Å². The van der Waals surface area contributed by atoms with E-state index < -0.39 is 31.1 Å². The van der Waals surface area contributed by atoms with Gasteiger partial charge < -0.3 is 24.8 Å². The first kappa shape index (κ1) is 24.2. The fraction of sp³-hybridized carbons (Fsp3) is 0.300. The summed E-state index contributed by atoms with van der Waals surface area (Å²) >= 11 is 0. The van der Waals surface area contributed by atoms with Gasteiger partial charge in [0, 0.05) is 18.4 Å². The Morgan fingerprint density at radius 3 is 2.32 bits per heavy atom. The molecular weight excluding hydrogens is 418 g/mol. The molecule has 0 unspecified atom stereocenters. The van der Waals surface area contributed by atoms with Crippen molar-refractivity contribution in [3.05, 3.63) is 59.7 Å². The second-order valence-corrected chi connectivity index (χ2v) is 6.64. The third-order valence-electron chi connectivity index (χ3n) is 4.29. The normalized spacial score (nSPS) is 12.1. The van der Waals surface area contributed by atoms with E-state index in [1.165, 1.54) is 19.2 Å². The number of ether oxygens (including phenoxy) is 2. The maximum atomic E-state index is 12.4. The van der Waals surface area contributed by atoms with Crippen LogP contribution < -0.4 is 14.8 Å². The van der Waals surface area contributed by atoms with Gasteiger partial charge in [-0.3, -0.25) is 9.59 Å². The number of ketones is 1. The van der Waals surface area contributed by atoms with E-state index >= 15 is 0 Å². The maximum absolute atomic E-state index is 12.4. The van der Waals surface area contributed by atoms with E-state index in [4.69, 9.17) is 4.74 Å². The molecule has 11 heteroatoms. The van der Waals surface area contributed by atoms with Crippen LogP contribution in [0.15, 0.2) is 48.5 Å². The molecule has 0 saturated carbocycles. The fourth-order valence-electron chi connectivity index (χ4n) is 2.78. The molecular formula is C20H21BF3NO6. The number of benzene rings is 2. The minimum absolute atomic E-state index is 0.110. The van der Waals surface area contributed by atoms with Crippen molar-refractivity contribution >= 4 is 18.8 Å². The number of hydrogen-bond donors (Lipinski definition) is 3. The van der Waals surface area contributed by atoms with Crippen LogP contribution >= 0.6 is 0 Å². The highest BCUT2D eigenvalue weighted by Crippen LogP contribution is 2.24. The molecule has 0 spiro atoms. The van der Waals surface area contributed by atoms with E-state index in [-0.39, 0.29) is 30.6 Å². The second-order valence-electron chi connectivity index (χ2n) is 6.64. The van der Waals surface area contributed by atoms with E-state index in [2.05, 4.69) is 10.1 Å². The van der Waals surface area contributed by atoms with E-state index in [1.54, 1.807) is 24.3 Å². The molecule has 31 heavy (non-hydrogen) atoms. The highest BCUT2D eigenvalue weighted by molar-refractivity contribution is 6.43. The molecule has 2 rings (SSSR count). The second kappa shape index (κ2) is 10.8. The Balaban J connectivity index is 1.93. The molecule has 0 saturated heterocycles. The third-order valence-corrected chi connectivity index (χ3v) is 4.29. The monoisotopic (exact) mass is 439 g/mol. The van der Waals surface area contributed by atoms with Crippen LogP contribution in [-0.2, 0) is 11.2 Å². The van der Waals surface area contributed by atoms with Crippen molar-refractivity contribution in [1.82, 2.24) is 5.32 Å². The van der Waals surface area contributed by atoms with Crippen LogP contribution in [0.2, 0.25) is 0 Å². The van der Waals surface area contributed by atoms with Gasteiger partial charge in [0.25, 0.3) is 0 Å². The zero-order chi connectivity index (χ0) is 23.0. The molecule has 1 atom stereocenters. The van der Waals surface area contributed by atoms with Crippen molar-refractivity contribution in [2.24, 2.45) is 0 Å². The molecule has 166 valence electrons. The minimum Gasteiger partial charge on any atom is -0.497 e. The van der Waals surface area contributed by atoms with Crippen molar-refractivity contribution < 1.29 is 42.3 Å². The lowest BCUT2D eigenvalue weighted by Crippen LogP contribution is -2.47. The molecule has 7 nitrogen and oxygen atoms in total. The average molecular weight is 439 g/mol. The summed E-state index contributed by atoms with van der Waals surface area (Å²) in [6, 6.07) is 11.3. The highest BCUT2D eigenvalue weighted by atomic mass is 19.4. The molecule has 0 radical (unpaired) electrons. The van der Waals surface area contributed by atoms with Gasteiger partial charge in [-0.25, -0.2) is 0 Å². The van der Waals surface area contributed by atoms with Crippen molar-refractivity contribution in [2.45, 2.75) is 31.6 Å². The summed E-state index contributed by atoms with van der Waals surface area (Å²) in [6.45, 7) is 0. The predicted molar refractivity (Wildman–Crippen MR) is 106 cm³/mol. The number of carbonyl (C=O) groups is 2. The lowest BCUT2D eigenvalue weighted by Gasteiger charge is -2.18. The number of amides is 1. The van der Waals surface area contributed by atoms with Crippen molar-refractivity contribution in [2.75, 3.05) is 7.11 Å². The number of methoxy groups -OCH3 is 1. The number of hydrogen-bond acceptors (Lipinski definition) is 6. The smallest absolute Gasteiger partial charge is 0.497 e. The number of halogens is 3. The highest BCUT2D eigenvalue weighted by Gasteiger charge is 2.31. The van der Waals surface area contributed by atoms with Gasteiger partial charge in [0.05, 0.1) is 13.1 Å². The molecule has 0 aliphatic rings. The Morgan fingerprint density at radius 1 is 1.06 bits per heavy atom. The predicted octanol–water partition coefficient (Wildman–Crippen LogP) is 2.30. The van der Waals surface area contributed by atoms with Crippen LogP contribution in [0.4, 0.5) is 13.2 Å². The van der Waals surface area contributed by atoms with E-state index in [9.17, 15) is 32.8 Å². The van der Waals surface area contributed by atoms with Gasteiger partial charge in [0.15, 0.2) is 5.78 Å². The van der Waals surface area contributed by atoms with Gasteiger partial charge in [-0.15, -0.1) is 13.2 Å². The Kier molecular flexibility index (Phi) is 8.46. The zero-order valence-electron chi connectivity index (χ0n) is 16.6. The molecule has 2 aromatic rings. The maximum Gasteiger partial charge on any atom is 0.573 e. The van der Waals surface area contributed by atoms with Gasteiger partial charge in [0.1, 0.15) is 11.5 Å². The van der Waals surface area contributed by atoms with Gasteiger partial charge in [-0.05, 0) is 48.4 Å². The Labute approximate surface area is 176 Å². The zero-order valence-corrected chi connectivity index (χ0v) is 16.6. The fourth-order valence-corrected chi connectivity index (χ4v) is 2.78. The molecule has 0 aliphatic carbocycles. The number of carbonyl (C=O) groups excluding carboxylic acids is 2. The summed E-state index contributed by atoms with van der Waals surface area (Å²) in [5.74, 6) is -1.96. The lowest BCUT2D eigenvalue weighted by molar-refractivity contribution is -0.274. The van der Waals surface area contributed by atoms with Crippen LogP contribution in [-0.4, -0.2) is 48.3 Å². The molecule has 0 aliphatic heterocycles. The SMILES string of the molecule is COc1ccc(C(=O)CCC(=O)N[C@@H](Cc2cccc(OC(F)(F)F)c2)B(O)O)cc1. The minimum atomic E-state index is -4.86. The molecule has 0 aromatic heterocycles. The number of nitrogens with one attached hydrogen (secondary N) is 1. The van der Waals surface area contributed by atoms with Gasteiger partial charge in [-0.2, -0.15) is 0 Å². The molecule has 1 amide bonds. The lowest BCUT2D eigenvalue weighted by atomic mass is 9.76. The molecule has 3 N–H and O–H groups in total. The number of alkyl halides is 3. The van der Waals surface area contributed by atoms with Crippen molar-refractivity contribution in [3.63, 3.8) is 0 Å². The summed E-state index contributed by atoms with van der Waals surface area (Å²) in [5.41, 5.74) is 0.684. The van der Waals surface area contributed by atoms with Crippen LogP contribution in [0.3, 0.4) is 0 Å². The van der Waals surface area contributed by atoms with Gasteiger partial charge in [-0.1, -0.05) is 12.1 Å². The molecule has 2 aromatic carbocycles. The molecule has 0 heterocycles. The summed E-state index contributed by atoms with van der Waals surface area (Å²) in [6.07, 6.45) is -5.34. The first-order chi connectivity index (χ1) is 14.6. The van der Waals surface area contributed by atoms with E-state index in [0.29, 0.717) is 11.3 Å². The first-order valence-electron chi connectivity index (χ1n) is 9.25. The number of rotatable bonds is 10. The van der Waals surface area contributed by atoms with Crippen molar-refractivity contribution in [1.29, 1.82) is 0 Å². The topological polar surface area (TPSA) is 105 Å². The summed E-state index contributed by atoms with van der Waals surface area (Å²) in [7, 11) is -0.472. The summed E-state index contributed by atoms with van der Waals surface area (Å²) < 4.78 is 45.9. The molecule has 0 fully saturated rings. The van der Waals surface area contributed by atoms with Gasteiger partial charge >= 0.3 is 13.5 Å². The van der Waals surface area contributed by atoms with E-state index in [0.717, 1.165) is 12.1 Å². The number of Topliss-reactive ketones (excluding diaryl/α,β-unsaturated/α-hetero) is 1. The largest absolute Gasteiger partial charge is 0.573 e. The Morgan fingerprint density at radius 2 is 1.74 bits per heavy atom. The van der Waals surface area contributed by atoms with Crippen LogP contribution in [0.5, 0.6) is 11.5 Å². The standard InChI is InChI=1S/C20H21BF3NO6/c1-30-15-7-5-14(6-8-15)17(26)9-10-19(27)25-18(21(28)29)12-13-3-2-4-16(11-13)31-20(22,23)24/h2-8,11,18,28-29H,9-10,12H2,1H3,(H,25,27)/t18-/m0/s1. The summed E-state index contributed by atoms with van der Waals surface area (Å²) in [5, 5.41) is 21.5. The average Bonchev–Trinajstić information content (AvgIpc) is 2.70.